The summed E-state index contributed by atoms with van der Waals surface area (Å²) < 4.78 is 30.4. The highest BCUT2D eigenvalue weighted by Gasteiger charge is 2.26. The van der Waals surface area contributed by atoms with Crippen LogP contribution in [-0.2, 0) is 30.2 Å². The second-order valence-electron chi connectivity index (χ2n) is 6.37. The molecule has 128 valence electrons. The van der Waals surface area contributed by atoms with Gasteiger partial charge in [0, 0.05) is 45.1 Å². The van der Waals surface area contributed by atoms with Gasteiger partial charge in [0.25, 0.3) is 0 Å². The smallest absolute Gasteiger partial charge is 0.246 e. The average molecular weight is 339 g/mol. The Balaban J connectivity index is 2.27. The summed E-state index contributed by atoms with van der Waals surface area (Å²) in [4.78, 5) is 0.266. The molecule has 2 aromatic heterocycles. The number of sulfonamides is 1. The van der Waals surface area contributed by atoms with Crippen LogP contribution in [0, 0.1) is 19.8 Å². The van der Waals surface area contributed by atoms with Crippen molar-refractivity contribution in [2.45, 2.75) is 45.7 Å². The van der Waals surface area contributed by atoms with Crippen LogP contribution in [0.15, 0.2) is 17.3 Å². The fourth-order valence-corrected chi connectivity index (χ4v) is 3.83. The van der Waals surface area contributed by atoms with Crippen molar-refractivity contribution in [3.63, 3.8) is 0 Å². The summed E-state index contributed by atoms with van der Waals surface area (Å²) in [5, 5.41) is 8.57. The van der Waals surface area contributed by atoms with Crippen molar-refractivity contribution < 1.29 is 8.42 Å². The molecule has 0 aliphatic rings. The summed E-state index contributed by atoms with van der Waals surface area (Å²) in [5.41, 5.74) is 2.26. The largest absolute Gasteiger partial charge is 0.275 e. The molecule has 0 radical (unpaired) electrons. The molecule has 0 saturated heterocycles. The standard InChI is InChI=1S/C15H25N5O2S/c1-11(2)7-20-10-15(13(4)17-20)23(21,22)19(6)9-14-8-18(5)16-12(14)3/h8,10-11H,7,9H2,1-6H3. The maximum atomic E-state index is 12.8. The summed E-state index contributed by atoms with van der Waals surface area (Å²) in [6, 6.07) is 0. The molecule has 0 unspecified atom stereocenters. The zero-order valence-corrected chi connectivity index (χ0v) is 15.4. The molecule has 0 amide bonds. The first-order valence-electron chi connectivity index (χ1n) is 7.60. The lowest BCUT2D eigenvalue weighted by Crippen LogP contribution is -2.27. The lowest BCUT2D eigenvalue weighted by molar-refractivity contribution is 0.464. The SMILES string of the molecule is Cc1nn(C)cc1CN(C)S(=O)(=O)c1cn(CC(C)C)nc1C. The Bertz CT molecular complexity index is 789. The maximum Gasteiger partial charge on any atom is 0.246 e. The van der Waals surface area contributed by atoms with Gasteiger partial charge in [-0.05, 0) is 19.8 Å². The van der Waals surface area contributed by atoms with Crippen LogP contribution in [0.2, 0.25) is 0 Å². The Morgan fingerprint density at radius 1 is 1.17 bits per heavy atom. The Labute approximate surface area is 138 Å². The van der Waals surface area contributed by atoms with E-state index in [0.717, 1.165) is 11.3 Å². The van der Waals surface area contributed by atoms with Crippen LogP contribution < -0.4 is 0 Å². The summed E-state index contributed by atoms with van der Waals surface area (Å²) in [6.07, 6.45) is 3.47. The zero-order chi connectivity index (χ0) is 17.4. The third-order valence-electron chi connectivity index (χ3n) is 3.65. The molecule has 0 saturated carbocycles. The van der Waals surface area contributed by atoms with E-state index in [2.05, 4.69) is 24.0 Å². The molecule has 0 fully saturated rings. The monoisotopic (exact) mass is 339 g/mol. The fourth-order valence-electron chi connectivity index (χ4n) is 2.52. The average Bonchev–Trinajstić information content (AvgIpc) is 2.92. The molecule has 23 heavy (non-hydrogen) atoms. The van der Waals surface area contributed by atoms with Gasteiger partial charge < -0.3 is 0 Å². The van der Waals surface area contributed by atoms with Gasteiger partial charge in [0.1, 0.15) is 4.90 Å². The normalized spacial score (nSPS) is 12.5. The van der Waals surface area contributed by atoms with Gasteiger partial charge in [-0.1, -0.05) is 13.8 Å². The van der Waals surface area contributed by atoms with E-state index in [1.807, 2.05) is 20.2 Å². The first-order valence-corrected chi connectivity index (χ1v) is 9.04. The van der Waals surface area contributed by atoms with Gasteiger partial charge in [0.05, 0.1) is 11.4 Å². The molecule has 8 heteroatoms. The van der Waals surface area contributed by atoms with Crippen molar-refractivity contribution in [3.05, 3.63) is 29.3 Å². The van der Waals surface area contributed by atoms with Gasteiger partial charge >= 0.3 is 0 Å². The molecule has 0 aliphatic heterocycles. The highest BCUT2D eigenvalue weighted by molar-refractivity contribution is 7.89. The topological polar surface area (TPSA) is 73.0 Å². The summed E-state index contributed by atoms with van der Waals surface area (Å²) in [6.45, 7) is 8.73. The molecule has 2 aromatic rings. The predicted octanol–water partition coefficient (Wildman–Crippen LogP) is 1.71. The molecule has 0 N–H and O–H groups in total. The van der Waals surface area contributed by atoms with Gasteiger partial charge in [-0.25, -0.2) is 8.42 Å². The van der Waals surface area contributed by atoms with E-state index >= 15 is 0 Å². The molecule has 0 aromatic carbocycles. The van der Waals surface area contributed by atoms with Crippen molar-refractivity contribution in [3.8, 4) is 0 Å². The summed E-state index contributed by atoms with van der Waals surface area (Å²) >= 11 is 0. The van der Waals surface area contributed by atoms with Crippen molar-refractivity contribution >= 4 is 10.0 Å². The third-order valence-corrected chi connectivity index (χ3v) is 5.56. The molecule has 0 bridgehead atoms. The minimum Gasteiger partial charge on any atom is -0.275 e. The third kappa shape index (κ3) is 3.81. The van der Waals surface area contributed by atoms with Crippen LogP contribution in [0.3, 0.4) is 0 Å². The first kappa shape index (κ1) is 17.7. The van der Waals surface area contributed by atoms with Crippen molar-refractivity contribution in [1.82, 2.24) is 23.9 Å². The van der Waals surface area contributed by atoms with Crippen LogP contribution in [-0.4, -0.2) is 39.3 Å². The van der Waals surface area contributed by atoms with E-state index < -0.39 is 10.0 Å². The number of aryl methyl sites for hydroxylation is 3. The molecular weight excluding hydrogens is 314 g/mol. The predicted molar refractivity (Wildman–Crippen MR) is 88.4 cm³/mol. The van der Waals surface area contributed by atoms with Crippen LogP contribution in [0.1, 0.15) is 30.8 Å². The van der Waals surface area contributed by atoms with Crippen molar-refractivity contribution in [2.24, 2.45) is 13.0 Å². The van der Waals surface area contributed by atoms with Gasteiger partial charge in [-0.2, -0.15) is 14.5 Å². The lowest BCUT2D eigenvalue weighted by atomic mass is 10.2. The van der Waals surface area contributed by atoms with E-state index in [0.29, 0.717) is 18.2 Å². The highest BCUT2D eigenvalue weighted by atomic mass is 32.2. The minimum absolute atomic E-state index is 0.266. The molecule has 7 nitrogen and oxygen atoms in total. The Kier molecular flexibility index (Phi) is 4.95. The van der Waals surface area contributed by atoms with Crippen LogP contribution in [0.25, 0.3) is 0 Å². The van der Waals surface area contributed by atoms with E-state index in [4.69, 9.17) is 0 Å². The van der Waals surface area contributed by atoms with Crippen LogP contribution in [0.4, 0.5) is 0 Å². The zero-order valence-electron chi connectivity index (χ0n) is 14.6. The van der Waals surface area contributed by atoms with E-state index in [-0.39, 0.29) is 11.4 Å². The number of nitrogens with zero attached hydrogens (tertiary/aromatic N) is 5. The second-order valence-corrected chi connectivity index (χ2v) is 8.38. The Morgan fingerprint density at radius 2 is 1.83 bits per heavy atom. The molecule has 0 atom stereocenters. The van der Waals surface area contributed by atoms with Gasteiger partial charge in [-0.3, -0.25) is 9.36 Å². The molecular formula is C15H25N5O2S. The number of rotatable bonds is 6. The van der Waals surface area contributed by atoms with Crippen LogP contribution in [0.5, 0.6) is 0 Å². The van der Waals surface area contributed by atoms with E-state index in [9.17, 15) is 8.42 Å². The van der Waals surface area contributed by atoms with Crippen LogP contribution >= 0.6 is 0 Å². The number of aromatic nitrogens is 4. The number of hydrogen-bond donors (Lipinski definition) is 0. The summed E-state index contributed by atoms with van der Waals surface area (Å²) in [5.74, 6) is 0.403. The fraction of sp³-hybridized carbons (Fsp3) is 0.600. The second kappa shape index (κ2) is 6.45. The highest BCUT2D eigenvalue weighted by Crippen LogP contribution is 2.21. The van der Waals surface area contributed by atoms with Gasteiger partial charge in [0.15, 0.2) is 0 Å². The first-order chi connectivity index (χ1) is 10.6. The number of hydrogen-bond acceptors (Lipinski definition) is 4. The molecule has 2 heterocycles. The van der Waals surface area contributed by atoms with Crippen molar-refractivity contribution in [2.75, 3.05) is 7.05 Å². The van der Waals surface area contributed by atoms with Gasteiger partial charge in [-0.15, -0.1) is 0 Å². The van der Waals surface area contributed by atoms with Crippen molar-refractivity contribution in [1.29, 1.82) is 0 Å². The van der Waals surface area contributed by atoms with E-state index in [1.165, 1.54) is 4.31 Å². The quantitative estimate of drug-likeness (QED) is 0.803. The Morgan fingerprint density at radius 3 is 2.35 bits per heavy atom. The molecule has 2 rings (SSSR count). The Hall–Kier alpha value is -1.67. The maximum absolute atomic E-state index is 12.8. The molecule has 0 aliphatic carbocycles. The summed E-state index contributed by atoms with van der Waals surface area (Å²) in [7, 11) is -0.169. The molecule has 0 spiro atoms. The van der Waals surface area contributed by atoms with E-state index in [1.54, 1.807) is 29.5 Å². The lowest BCUT2D eigenvalue weighted by Gasteiger charge is -2.16. The minimum atomic E-state index is -3.58. The van der Waals surface area contributed by atoms with Gasteiger partial charge in [0.2, 0.25) is 10.0 Å².